The molecule has 0 aromatic heterocycles. The summed E-state index contributed by atoms with van der Waals surface area (Å²) in [5, 5.41) is 2.49. The van der Waals surface area contributed by atoms with Crippen molar-refractivity contribution in [2.24, 2.45) is 0 Å². The fourth-order valence-corrected chi connectivity index (χ4v) is 1.25. The summed E-state index contributed by atoms with van der Waals surface area (Å²) in [5.74, 6) is -2.24. The summed E-state index contributed by atoms with van der Waals surface area (Å²) in [5.41, 5.74) is 4.51. The summed E-state index contributed by atoms with van der Waals surface area (Å²) in [4.78, 5) is 11.5. The lowest BCUT2D eigenvalue weighted by Gasteiger charge is -2.07. The van der Waals surface area contributed by atoms with E-state index in [-0.39, 0.29) is 11.3 Å². The molecule has 1 rings (SSSR count). The quantitative estimate of drug-likeness (QED) is 0.612. The van der Waals surface area contributed by atoms with Crippen molar-refractivity contribution < 1.29 is 13.6 Å². The molecule has 0 aliphatic carbocycles. The average molecular weight is 228 g/mol. The normalized spacial score (nSPS) is 10.2. The molecule has 0 saturated heterocycles. The topological polar surface area (TPSA) is 55.1 Å². The van der Waals surface area contributed by atoms with Gasteiger partial charge in [0.15, 0.2) is 5.82 Å². The van der Waals surface area contributed by atoms with Crippen molar-refractivity contribution in [3.8, 4) is 0 Å². The molecule has 0 bridgehead atoms. The van der Waals surface area contributed by atoms with E-state index in [1.807, 2.05) is 6.92 Å². The standard InChI is InChI=1S/C11H14F2N2O/c1-2-3-4-15-11(16)8-5-7(12)6-9(14)10(8)13/h5-6H,2-4,14H2,1H3,(H,15,16). The summed E-state index contributed by atoms with van der Waals surface area (Å²) in [6, 6.07) is 1.69. The SMILES string of the molecule is CCCCNC(=O)c1cc(F)cc(N)c1F. The lowest BCUT2D eigenvalue weighted by Crippen LogP contribution is -2.25. The predicted octanol–water partition coefficient (Wildman–Crippen LogP) is 2.08. The van der Waals surface area contributed by atoms with Crippen molar-refractivity contribution in [2.45, 2.75) is 19.8 Å². The molecule has 1 aromatic rings. The summed E-state index contributed by atoms with van der Waals surface area (Å²) in [6.07, 6.45) is 1.70. The highest BCUT2D eigenvalue weighted by Crippen LogP contribution is 2.17. The van der Waals surface area contributed by atoms with Crippen molar-refractivity contribution in [1.82, 2.24) is 5.32 Å². The monoisotopic (exact) mass is 228 g/mol. The molecule has 0 fully saturated rings. The number of nitrogens with one attached hydrogen (secondary N) is 1. The largest absolute Gasteiger partial charge is 0.396 e. The van der Waals surface area contributed by atoms with Crippen molar-refractivity contribution in [3.05, 3.63) is 29.3 Å². The molecule has 88 valence electrons. The molecule has 3 nitrogen and oxygen atoms in total. The van der Waals surface area contributed by atoms with Gasteiger partial charge in [0.1, 0.15) is 5.82 Å². The van der Waals surface area contributed by atoms with Crippen LogP contribution in [0, 0.1) is 11.6 Å². The minimum Gasteiger partial charge on any atom is -0.396 e. The smallest absolute Gasteiger partial charge is 0.254 e. The maximum atomic E-state index is 13.4. The number of hydrogen-bond acceptors (Lipinski definition) is 2. The molecular weight excluding hydrogens is 214 g/mol. The summed E-state index contributed by atoms with van der Waals surface area (Å²) >= 11 is 0. The van der Waals surface area contributed by atoms with Crippen LogP contribution >= 0.6 is 0 Å². The summed E-state index contributed by atoms with van der Waals surface area (Å²) in [7, 11) is 0. The Bertz CT molecular complexity index is 394. The number of hydrogen-bond donors (Lipinski definition) is 2. The molecule has 0 atom stereocenters. The Kier molecular flexibility index (Phi) is 4.22. The van der Waals surface area contributed by atoms with Gasteiger partial charge in [0.05, 0.1) is 11.3 Å². The minimum absolute atomic E-state index is 0.353. The van der Waals surface area contributed by atoms with Crippen molar-refractivity contribution in [2.75, 3.05) is 12.3 Å². The van der Waals surface area contributed by atoms with Crippen LogP contribution in [0.1, 0.15) is 30.1 Å². The fraction of sp³-hybridized carbons (Fsp3) is 0.364. The average Bonchev–Trinajstić information content (AvgIpc) is 2.23. The number of rotatable bonds is 4. The van der Waals surface area contributed by atoms with Crippen LogP contribution in [0.15, 0.2) is 12.1 Å². The van der Waals surface area contributed by atoms with Gasteiger partial charge in [-0.3, -0.25) is 4.79 Å². The molecule has 16 heavy (non-hydrogen) atoms. The first-order valence-corrected chi connectivity index (χ1v) is 5.09. The van der Waals surface area contributed by atoms with E-state index in [4.69, 9.17) is 5.73 Å². The first kappa shape index (κ1) is 12.4. The van der Waals surface area contributed by atoms with Crippen LogP contribution in [0.25, 0.3) is 0 Å². The number of anilines is 1. The van der Waals surface area contributed by atoms with E-state index in [1.54, 1.807) is 0 Å². The van der Waals surface area contributed by atoms with Gasteiger partial charge in [-0.1, -0.05) is 13.3 Å². The number of nitrogens with two attached hydrogens (primary N) is 1. The minimum atomic E-state index is -0.879. The van der Waals surface area contributed by atoms with E-state index < -0.39 is 17.5 Å². The van der Waals surface area contributed by atoms with Crippen LogP contribution in [0.3, 0.4) is 0 Å². The highest BCUT2D eigenvalue weighted by molar-refractivity contribution is 5.95. The zero-order chi connectivity index (χ0) is 12.1. The Morgan fingerprint density at radius 1 is 1.44 bits per heavy atom. The van der Waals surface area contributed by atoms with Crippen LogP contribution < -0.4 is 11.1 Å². The second-order valence-electron chi connectivity index (χ2n) is 3.47. The Morgan fingerprint density at radius 2 is 2.12 bits per heavy atom. The van der Waals surface area contributed by atoms with E-state index in [0.29, 0.717) is 6.54 Å². The van der Waals surface area contributed by atoms with Gasteiger partial charge in [0.2, 0.25) is 0 Å². The number of nitrogen functional groups attached to an aromatic ring is 1. The molecule has 0 aliphatic rings. The van der Waals surface area contributed by atoms with E-state index >= 15 is 0 Å². The molecule has 0 heterocycles. The first-order valence-electron chi connectivity index (χ1n) is 5.09. The zero-order valence-corrected chi connectivity index (χ0v) is 9.02. The zero-order valence-electron chi connectivity index (χ0n) is 9.02. The second-order valence-corrected chi connectivity index (χ2v) is 3.47. The van der Waals surface area contributed by atoms with Gasteiger partial charge >= 0.3 is 0 Å². The van der Waals surface area contributed by atoms with Gasteiger partial charge < -0.3 is 11.1 Å². The van der Waals surface area contributed by atoms with E-state index in [1.165, 1.54) is 0 Å². The number of halogens is 2. The van der Waals surface area contributed by atoms with E-state index in [2.05, 4.69) is 5.32 Å². The van der Waals surface area contributed by atoms with Crippen molar-refractivity contribution in [1.29, 1.82) is 0 Å². The second kappa shape index (κ2) is 5.44. The van der Waals surface area contributed by atoms with Crippen LogP contribution in [-0.4, -0.2) is 12.5 Å². The molecule has 0 aliphatic heterocycles. The Morgan fingerprint density at radius 3 is 2.75 bits per heavy atom. The van der Waals surface area contributed by atoms with Crippen molar-refractivity contribution >= 4 is 11.6 Å². The lowest BCUT2D eigenvalue weighted by atomic mass is 10.1. The molecule has 5 heteroatoms. The fourth-order valence-electron chi connectivity index (χ4n) is 1.25. The molecular formula is C11H14F2N2O. The summed E-state index contributed by atoms with van der Waals surface area (Å²) < 4.78 is 26.3. The Balaban J connectivity index is 2.82. The van der Waals surface area contributed by atoms with Crippen molar-refractivity contribution in [3.63, 3.8) is 0 Å². The molecule has 0 saturated carbocycles. The predicted molar refractivity (Wildman–Crippen MR) is 58.0 cm³/mol. The van der Waals surface area contributed by atoms with E-state index in [0.717, 1.165) is 25.0 Å². The highest BCUT2D eigenvalue weighted by atomic mass is 19.1. The lowest BCUT2D eigenvalue weighted by molar-refractivity contribution is 0.0948. The van der Waals surface area contributed by atoms with Gasteiger partial charge in [-0.05, 0) is 18.6 Å². The van der Waals surface area contributed by atoms with E-state index in [9.17, 15) is 13.6 Å². The van der Waals surface area contributed by atoms with Gasteiger partial charge in [0, 0.05) is 6.54 Å². The maximum Gasteiger partial charge on any atom is 0.254 e. The van der Waals surface area contributed by atoms with Gasteiger partial charge in [-0.2, -0.15) is 0 Å². The third kappa shape index (κ3) is 2.92. The van der Waals surface area contributed by atoms with Gasteiger partial charge in [-0.25, -0.2) is 8.78 Å². The number of unbranched alkanes of at least 4 members (excludes halogenated alkanes) is 1. The van der Waals surface area contributed by atoms with Gasteiger partial charge in [0.25, 0.3) is 5.91 Å². The third-order valence-electron chi connectivity index (χ3n) is 2.13. The van der Waals surface area contributed by atoms with Crippen LogP contribution in [0.5, 0.6) is 0 Å². The Labute approximate surface area is 92.6 Å². The number of carbonyl (C=O) groups excluding carboxylic acids is 1. The van der Waals surface area contributed by atoms with Crippen LogP contribution in [0.4, 0.5) is 14.5 Å². The molecule has 0 unspecified atom stereocenters. The molecule has 0 spiro atoms. The number of amides is 1. The number of benzene rings is 1. The number of carbonyl (C=O) groups is 1. The third-order valence-corrected chi connectivity index (χ3v) is 2.13. The molecule has 1 amide bonds. The Hall–Kier alpha value is -1.65. The van der Waals surface area contributed by atoms with Crippen LogP contribution in [0.2, 0.25) is 0 Å². The van der Waals surface area contributed by atoms with Crippen LogP contribution in [-0.2, 0) is 0 Å². The molecule has 1 aromatic carbocycles. The summed E-state index contributed by atoms with van der Waals surface area (Å²) in [6.45, 7) is 2.40. The highest BCUT2D eigenvalue weighted by Gasteiger charge is 2.15. The van der Waals surface area contributed by atoms with Gasteiger partial charge in [-0.15, -0.1) is 0 Å². The first-order chi connectivity index (χ1) is 7.56. The molecule has 0 radical (unpaired) electrons. The molecule has 3 N–H and O–H groups in total. The maximum absolute atomic E-state index is 13.4.